The molecule has 6 nitrogen and oxygen atoms in total. The molecular formula is C12H20N6. The minimum Gasteiger partial charge on any atom is -0.308 e. The highest BCUT2D eigenvalue weighted by atomic mass is 15.3. The lowest BCUT2D eigenvalue weighted by atomic mass is 10.2. The van der Waals surface area contributed by atoms with Crippen LogP contribution in [0.25, 0.3) is 0 Å². The van der Waals surface area contributed by atoms with Crippen molar-refractivity contribution < 1.29 is 0 Å². The molecule has 2 heterocycles. The summed E-state index contributed by atoms with van der Waals surface area (Å²) in [4.78, 5) is 4.27. The largest absolute Gasteiger partial charge is 0.308 e. The Labute approximate surface area is 107 Å². The van der Waals surface area contributed by atoms with E-state index in [1.807, 2.05) is 28.8 Å². The van der Waals surface area contributed by atoms with Crippen LogP contribution in [0.5, 0.6) is 0 Å². The quantitative estimate of drug-likeness (QED) is 0.819. The summed E-state index contributed by atoms with van der Waals surface area (Å²) in [6.07, 6.45) is 6.46. The average molecular weight is 248 g/mol. The lowest BCUT2D eigenvalue weighted by Gasteiger charge is -2.08. The molecule has 18 heavy (non-hydrogen) atoms. The number of hydrogen-bond donors (Lipinski definition) is 1. The minimum atomic E-state index is 0.452. The summed E-state index contributed by atoms with van der Waals surface area (Å²) in [6, 6.07) is 0.452. The molecule has 0 amide bonds. The first-order valence-corrected chi connectivity index (χ1v) is 6.22. The number of nitrogens with zero attached hydrogens (tertiary/aromatic N) is 5. The Kier molecular flexibility index (Phi) is 4.09. The summed E-state index contributed by atoms with van der Waals surface area (Å²) in [5, 5.41) is 11.8. The van der Waals surface area contributed by atoms with E-state index in [1.165, 1.54) is 5.56 Å². The van der Waals surface area contributed by atoms with Crippen molar-refractivity contribution in [2.75, 3.05) is 0 Å². The van der Waals surface area contributed by atoms with Gasteiger partial charge < -0.3 is 5.32 Å². The predicted octanol–water partition coefficient (Wildman–Crippen LogP) is 0.752. The molecule has 2 aromatic heterocycles. The van der Waals surface area contributed by atoms with E-state index in [4.69, 9.17) is 0 Å². The highest BCUT2D eigenvalue weighted by Gasteiger charge is 2.05. The van der Waals surface area contributed by atoms with Crippen LogP contribution in [0.1, 0.15) is 25.2 Å². The normalized spacial score (nSPS) is 11.3. The lowest BCUT2D eigenvalue weighted by molar-refractivity contribution is 0.520. The number of aryl methyl sites for hydroxylation is 3. The first-order chi connectivity index (χ1) is 8.65. The van der Waals surface area contributed by atoms with Gasteiger partial charge in [0.1, 0.15) is 12.2 Å². The molecule has 6 heteroatoms. The summed E-state index contributed by atoms with van der Waals surface area (Å²) in [5.74, 6) is 0.979. The Hall–Kier alpha value is -1.69. The van der Waals surface area contributed by atoms with E-state index in [1.54, 1.807) is 6.33 Å². The maximum atomic E-state index is 4.27. The van der Waals surface area contributed by atoms with Crippen molar-refractivity contribution in [1.82, 2.24) is 29.9 Å². The van der Waals surface area contributed by atoms with Gasteiger partial charge in [-0.3, -0.25) is 4.68 Å². The van der Waals surface area contributed by atoms with Gasteiger partial charge >= 0.3 is 0 Å². The van der Waals surface area contributed by atoms with Gasteiger partial charge in [-0.1, -0.05) is 13.8 Å². The van der Waals surface area contributed by atoms with Crippen LogP contribution in [0.2, 0.25) is 0 Å². The van der Waals surface area contributed by atoms with Gasteiger partial charge in [-0.05, 0) is 12.0 Å². The molecule has 0 aliphatic rings. The number of aromatic nitrogens is 5. The third kappa shape index (κ3) is 3.40. The van der Waals surface area contributed by atoms with Crippen LogP contribution in [-0.4, -0.2) is 30.6 Å². The van der Waals surface area contributed by atoms with Crippen LogP contribution >= 0.6 is 0 Å². The third-order valence-corrected chi connectivity index (χ3v) is 2.73. The zero-order valence-electron chi connectivity index (χ0n) is 11.2. The summed E-state index contributed by atoms with van der Waals surface area (Å²) in [7, 11) is 1.93. The van der Waals surface area contributed by atoms with Crippen molar-refractivity contribution in [1.29, 1.82) is 0 Å². The Balaban J connectivity index is 1.91. The van der Waals surface area contributed by atoms with E-state index >= 15 is 0 Å². The second-order valence-corrected chi connectivity index (χ2v) is 4.71. The van der Waals surface area contributed by atoms with Crippen molar-refractivity contribution in [3.05, 3.63) is 30.1 Å². The monoisotopic (exact) mass is 248 g/mol. The molecule has 0 atom stereocenters. The maximum Gasteiger partial charge on any atom is 0.140 e. The minimum absolute atomic E-state index is 0.452. The Morgan fingerprint density at radius 3 is 2.83 bits per heavy atom. The summed E-state index contributed by atoms with van der Waals surface area (Å²) in [6.45, 7) is 5.83. The molecule has 0 unspecified atom stereocenters. The Morgan fingerprint density at radius 2 is 2.17 bits per heavy atom. The maximum absolute atomic E-state index is 4.27. The molecule has 0 fully saturated rings. The smallest absolute Gasteiger partial charge is 0.140 e. The van der Waals surface area contributed by atoms with E-state index in [0.717, 1.165) is 25.3 Å². The van der Waals surface area contributed by atoms with Crippen molar-refractivity contribution in [3.8, 4) is 0 Å². The van der Waals surface area contributed by atoms with E-state index in [9.17, 15) is 0 Å². The zero-order chi connectivity index (χ0) is 13.0. The molecule has 0 aliphatic carbocycles. The second kappa shape index (κ2) is 5.77. The summed E-state index contributed by atoms with van der Waals surface area (Å²) >= 11 is 0. The first kappa shape index (κ1) is 12.8. The zero-order valence-corrected chi connectivity index (χ0v) is 11.2. The SMILES string of the molecule is CC(C)NCc1ncnn1CCc1cnn(C)c1. The average Bonchev–Trinajstić information content (AvgIpc) is 2.92. The molecule has 0 aromatic carbocycles. The van der Waals surface area contributed by atoms with Crippen LogP contribution in [0.3, 0.4) is 0 Å². The molecule has 0 radical (unpaired) electrons. The highest BCUT2D eigenvalue weighted by molar-refractivity contribution is 5.03. The molecule has 0 aliphatic heterocycles. The standard InChI is InChI=1S/C12H20N6/c1-10(2)13-7-12-14-9-16-18(12)5-4-11-6-15-17(3)8-11/h6,8-10,13H,4-5,7H2,1-3H3. The fourth-order valence-corrected chi connectivity index (χ4v) is 1.74. The van der Waals surface area contributed by atoms with Crippen molar-refractivity contribution in [2.24, 2.45) is 7.05 Å². The van der Waals surface area contributed by atoms with Crippen LogP contribution < -0.4 is 5.32 Å². The summed E-state index contributed by atoms with van der Waals surface area (Å²) < 4.78 is 3.76. The van der Waals surface area contributed by atoms with Gasteiger partial charge in [-0.25, -0.2) is 9.67 Å². The van der Waals surface area contributed by atoms with Crippen LogP contribution in [0.15, 0.2) is 18.7 Å². The van der Waals surface area contributed by atoms with E-state index in [2.05, 4.69) is 34.3 Å². The number of rotatable bonds is 6. The summed E-state index contributed by atoms with van der Waals surface area (Å²) in [5.41, 5.74) is 1.22. The predicted molar refractivity (Wildman–Crippen MR) is 68.9 cm³/mol. The molecule has 2 rings (SSSR count). The first-order valence-electron chi connectivity index (χ1n) is 6.22. The number of nitrogens with one attached hydrogen (secondary N) is 1. The van der Waals surface area contributed by atoms with Crippen molar-refractivity contribution >= 4 is 0 Å². The van der Waals surface area contributed by atoms with Gasteiger partial charge in [-0.2, -0.15) is 10.2 Å². The van der Waals surface area contributed by atoms with E-state index in [0.29, 0.717) is 6.04 Å². The Bertz CT molecular complexity index is 484. The van der Waals surface area contributed by atoms with Crippen LogP contribution in [0, 0.1) is 0 Å². The van der Waals surface area contributed by atoms with Gasteiger partial charge in [0.15, 0.2) is 0 Å². The van der Waals surface area contributed by atoms with Crippen molar-refractivity contribution in [2.45, 2.75) is 39.4 Å². The molecule has 98 valence electrons. The van der Waals surface area contributed by atoms with Gasteiger partial charge in [0.2, 0.25) is 0 Å². The third-order valence-electron chi connectivity index (χ3n) is 2.73. The molecule has 0 bridgehead atoms. The topological polar surface area (TPSA) is 60.6 Å². The fourth-order valence-electron chi connectivity index (χ4n) is 1.74. The molecule has 2 aromatic rings. The molecule has 1 N–H and O–H groups in total. The van der Waals surface area contributed by atoms with Gasteiger partial charge in [0.05, 0.1) is 12.7 Å². The van der Waals surface area contributed by atoms with Gasteiger partial charge in [0, 0.05) is 25.8 Å². The number of hydrogen-bond acceptors (Lipinski definition) is 4. The fraction of sp³-hybridized carbons (Fsp3) is 0.583. The molecular weight excluding hydrogens is 228 g/mol. The highest BCUT2D eigenvalue weighted by Crippen LogP contribution is 2.02. The molecule has 0 spiro atoms. The van der Waals surface area contributed by atoms with Gasteiger partial charge in [0.25, 0.3) is 0 Å². The molecule has 0 saturated carbocycles. The van der Waals surface area contributed by atoms with Gasteiger partial charge in [-0.15, -0.1) is 0 Å². The van der Waals surface area contributed by atoms with Crippen LogP contribution in [0.4, 0.5) is 0 Å². The van der Waals surface area contributed by atoms with Crippen LogP contribution in [-0.2, 0) is 26.6 Å². The van der Waals surface area contributed by atoms with E-state index < -0.39 is 0 Å². The van der Waals surface area contributed by atoms with Crippen molar-refractivity contribution in [3.63, 3.8) is 0 Å². The molecule has 0 saturated heterocycles. The Morgan fingerprint density at radius 1 is 1.33 bits per heavy atom. The second-order valence-electron chi connectivity index (χ2n) is 4.71. The lowest BCUT2D eigenvalue weighted by Crippen LogP contribution is -2.24. The van der Waals surface area contributed by atoms with E-state index in [-0.39, 0.29) is 0 Å².